The van der Waals surface area contributed by atoms with Crippen LogP contribution in [0.3, 0.4) is 0 Å². The summed E-state index contributed by atoms with van der Waals surface area (Å²) in [6.07, 6.45) is 0.436. The first-order valence-electron chi connectivity index (χ1n) is 7.94. The van der Waals surface area contributed by atoms with E-state index in [0.717, 1.165) is 11.1 Å². The lowest BCUT2D eigenvalue weighted by atomic mass is 10.2. The quantitative estimate of drug-likeness (QED) is 0.731. The SMILES string of the molecule is COc1ccc(CNCCC(=O)N(C)Cc2ccccc2)cc1O. The monoisotopic (exact) mass is 328 g/mol. The molecule has 0 unspecified atom stereocenters. The zero-order chi connectivity index (χ0) is 17.4. The van der Waals surface area contributed by atoms with Crippen molar-refractivity contribution in [3.05, 3.63) is 59.7 Å². The minimum Gasteiger partial charge on any atom is -0.504 e. The fraction of sp³-hybridized carbons (Fsp3) is 0.316. The van der Waals surface area contributed by atoms with Crippen LogP contribution in [-0.4, -0.2) is 36.6 Å². The van der Waals surface area contributed by atoms with Gasteiger partial charge in [-0.2, -0.15) is 0 Å². The van der Waals surface area contributed by atoms with Crippen LogP contribution in [0, 0.1) is 0 Å². The number of ether oxygens (including phenoxy) is 1. The molecular weight excluding hydrogens is 304 g/mol. The average Bonchev–Trinajstić information content (AvgIpc) is 2.59. The molecule has 0 aromatic heterocycles. The largest absolute Gasteiger partial charge is 0.504 e. The van der Waals surface area contributed by atoms with E-state index in [-0.39, 0.29) is 11.7 Å². The van der Waals surface area contributed by atoms with Crippen LogP contribution in [-0.2, 0) is 17.9 Å². The highest BCUT2D eigenvalue weighted by Gasteiger charge is 2.09. The Hall–Kier alpha value is -2.53. The number of nitrogens with zero attached hydrogens (tertiary/aromatic N) is 1. The summed E-state index contributed by atoms with van der Waals surface area (Å²) in [5, 5.41) is 13.0. The first-order chi connectivity index (χ1) is 11.6. The van der Waals surface area contributed by atoms with Crippen molar-refractivity contribution in [2.45, 2.75) is 19.5 Å². The fourth-order valence-corrected chi connectivity index (χ4v) is 2.41. The lowest BCUT2D eigenvalue weighted by Gasteiger charge is -2.17. The zero-order valence-electron chi connectivity index (χ0n) is 14.2. The van der Waals surface area contributed by atoms with E-state index in [1.807, 2.05) is 43.4 Å². The second-order valence-corrected chi connectivity index (χ2v) is 5.67. The molecule has 0 saturated carbocycles. The van der Waals surface area contributed by atoms with Gasteiger partial charge in [0.25, 0.3) is 0 Å². The molecule has 0 atom stereocenters. The maximum absolute atomic E-state index is 12.1. The van der Waals surface area contributed by atoms with Gasteiger partial charge in [-0.3, -0.25) is 4.79 Å². The van der Waals surface area contributed by atoms with Crippen LogP contribution < -0.4 is 10.1 Å². The average molecular weight is 328 g/mol. The zero-order valence-corrected chi connectivity index (χ0v) is 14.2. The van der Waals surface area contributed by atoms with E-state index in [9.17, 15) is 9.90 Å². The normalized spacial score (nSPS) is 10.4. The van der Waals surface area contributed by atoms with Gasteiger partial charge in [-0.15, -0.1) is 0 Å². The van der Waals surface area contributed by atoms with E-state index < -0.39 is 0 Å². The van der Waals surface area contributed by atoms with Gasteiger partial charge in [-0.05, 0) is 23.3 Å². The Kier molecular flexibility index (Phi) is 6.63. The molecule has 2 aromatic rings. The third-order valence-corrected chi connectivity index (χ3v) is 3.78. The summed E-state index contributed by atoms with van der Waals surface area (Å²) in [4.78, 5) is 13.9. The van der Waals surface area contributed by atoms with Crippen molar-refractivity contribution in [3.8, 4) is 11.5 Å². The number of hydrogen-bond acceptors (Lipinski definition) is 4. The van der Waals surface area contributed by atoms with E-state index in [4.69, 9.17) is 4.74 Å². The minimum absolute atomic E-state index is 0.101. The number of aromatic hydroxyl groups is 1. The Bertz CT molecular complexity index is 659. The number of carbonyl (C=O) groups is 1. The second-order valence-electron chi connectivity index (χ2n) is 5.67. The van der Waals surface area contributed by atoms with Gasteiger partial charge >= 0.3 is 0 Å². The second kappa shape index (κ2) is 8.93. The number of amides is 1. The third kappa shape index (κ3) is 5.28. The van der Waals surface area contributed by atoms with Gasteiger partial charge in [-0.1, -0.05) is 36.4 Å². The maximum Gasteiger partial charge on any atom is 0.223 e. The van der Waals surface area contributed by atoms with Gasteiger partial charge < -0.3 is 20.1 Å². The molecule has 0 bridgehead atoms. The van der Waals surface area contributed by atoms with Crippen molar-refractivity contribution in [2.75, 3.05) is 20.7 Å². The smallest absolute Gasteiger partial charge is 0.223 e. The molecule has 2 N–H and O–H groups in total. The number of nitrogens with one attached hydrogen (secondary N) is 1. The molecule has 5 nitrogen and oxygen atoms in total. The molecule has 0 spiro atoms. The standard InChI is InChI=1S/C19H24N2O3/c1-21(14-15-6-4-3-5-7-15)19(23)10-11-20-13-16-8-9-18(24-2)17(22)12-16/h3-9,12,20,22H,10-11,13-14H2,1-2H3. The minimum atomic E-state index is 0.101. The molecule has 24 heavy (non-hydrogen) atoms. The molecule has 0 aliphatic carbocycles. The molecule has 0 saturated heterocycles. The molecule has 0 fully saturated rings. The number of benzene rings is 2. The Labute approximate surface area is 142 Å². The third-order valence-electron chi connectivity index (χ3n) is 3.78. The number of rotatable bonds is 8. The van der Waals surface area contributed by atoms with Crippen LogP contribution in [0.2, 0.25) is 0 Å². The lowest BCUT2D eigenvalue weighted by Crippen LogP contribution is -2.29. The Morgan fingerprint density at radius 1 is 1.17 bits per heavy atom. The summed E-state index contributed by atoms with van der Waals surface area (Å²) in [5.41, 5.74) is 2.06. The van der Waals surface area contributed by atoms with Crippen LogP contribution in [0.15, 0.2) is 48.5 Å². The maximum atomic E-state index is 12.1. The van der Waals surface area contributed by atoms with Crippen molar-refractivity contribution in [3.63, 3.8) is 0 Å². The summed E-state index contributed by atoms with van der Waals surface area (Å²) < 4.78 is 5.01. The topological polar surface area (TPSA) is 61.8 Å². The Balaban J connectivity index is 1.71. The molecule has 0 aliphatic heterocycles. The van der Waals surface area contributed by atoms with E-state index in [1.54, 1.807) is 17.0 Å². The van der Waals surface area contributed by atoms with Crippen molar-refractivity contribution in [1.29, 1.82) is 0 Å². The van der Waals surface area contributed by atoms with Crippen molar-refractivity contribution < 1.29 is 14.6 Å². The van der Waals surface area contributed by atoms with Crippen molar-refractivity contribution in [2.24, 2.45) is 0 Å². The number of phenolic OH excluding ortho intramolecular Hbond substituents is 1. The van der Waals surface area contributed by atoms with Crippen molar-refractivity contribution in [1.82, 2.24) is 10.2 Å². The molecule has 2 aromatic carbocycles. The van der Waals surface area contributed by atoms with Gasteiger partial charge in [0.1, 0.15) is 0 Å². The molecule has 0 radical (unpaired) electrons. The molecule has 1 amide bonds. The number of hydrogen-bond donors (Lipinski definition) is 2. The summed E-state index contributed by atoms with van der Waals surface area (Å²) >= 11 is 0. The summed E-state index contributed by atoms with van der Waals surface area (Å²) in [6, 6.07) is 15.2. The fourth-order valence-electron chi connectivity index (χ4n) is 2.41. The summed E-state index contributed by atoms with van der Waals surface area (Å²) in [7, 11) is 3.33. The highest BCUT2D eigenvalue weighted by Crippen LogP contribution is 2.25. The van der Waals surface area contributed by atoms with Gasteiger partial charge in [-0.25, -0.2) is 0 Å². The van der Waals surface area contributed by atoms with Crippen molar-refractivity contribution >= 4 is 5.91 Å². The summed E-state index contributed by atoms with van der Waals surface area (Å²) in [6.45, 7) is 1.80. The predicted octanol–water partition coefficient (Wildman–Crippen LogP) is 2.54. The molecule has 0 heterocycles. The van der Waals surface area contributed by atoms with Gasteiger partial charge in [0.05, 0.1) is 7.11 Å². The summed E-state index contributed by atoms with van der Waals surface area (Å²) in [5.74, 6) is 0.677. The molecular formula is C19H24N2O3. The number of methoxy groups -OCH3 is 1. The predicted molar refractivity (Wildman–Crippen MR) is 93.9 cm³/mol. The Morgan fingerprint density at radius 2 is 1.92 bits per heavy atom. The molecule has 128 valence electrons. The molecule has 5 heteroatoms. The Morgan fingerprint density at radius 3 is 2.58 bits per heavy atom. The van der Waals surface area contributed by atoms with Crippen LogP contribution in [0.25, 0.3) is 0 Å². The highest BCUT2D eigenvalue weighted by atomic mass is 16.5. The van der Waals surface area contributed by atoms with E-state index in [2.05, 4.69) is 5.32 Å². The van der Waals surface area contributed by atoms with Crippen LogP contribution in [0.1, 0.15) is 17.5 Å². The molecule has 2 rings (SSSR count). The van der Waals surface area contributed by atoms with Gasteiger partial charge in [0.15, 0.2) is 11.5 Å². The highest BCUT2D eigenvalue weighted by molar-refractivity contribution is 5.76. The van der Waals surface area contributed by atoms with Crippen LogP contribution >= 0.6 is 0 Å². The molecule has 0 aliphatic rings. The first kappa shape index (κ1) is 17.8. The van der Waals surface area contributed by atoms with E-state index >= 15 is 0 Å². The van der Waals surface area contributed by atoms with E-state index in [0.29, 0.717) is 31.8 Å². The van der Waals surface area contributed by atoms with Gasteiger partial charge in [0.2, 0.25) is 5.91 Å². The lowest BCUT2D eigenvalue weighted by molar-refractivity contribution is -0.130. The number of carbonyl (C=O) groups excluding carboxylic acids is 1. The van der Waals surface area contributed by atoms with E-state index in [1.165, 1.54) is 7.11 Å². The number of phenols is 1. The first-order valence-corrected chi connectivity index (χ1v) is 7.94. The van der Waals surface area contributed by atoms with Crippen LogP contribution in [0.5, 0.6) is 11.5 Å². The van der Waals surface area contributed by atoms with Crippen LogP contribution in [0.4, 0.5) is 0 Å². The van der Waals surface area contributed by atoms with Gasteiger partial charge in [0, 0.05) is 33.1 Å².